The molecule has 0 aromatic heterocycles. The predicted molar refractivity (Wildman–Crippen MR) is 74.7 cm³/mol. The van der Waals surface area contributed by atoms with Crippen LogP contribution in [0.4, 0.5) is 0 Å². The molecule has 0 aliphatic heterocycles. The second-order valence-electron chi connectivity index (χ2n) is 4.46. The van der Waals surface area contributed by atoms with Crippen LogP contribution in [-0.4, -0.2) is 13.0 Å². The maximum absolute atomic E-state index is 10.7. The molecule has 4 nitrogen and oxygen atoms in total. The van der Waals surface area contributed by atoms with Crippen LogP contribution in [0.2, 0.25) is 0 Å². The van der Waals surface area contributed by atoms with Crippen LogP contribution in [0.1, 0.15) is 25.3 Å². The van der Waals surface area contributed by atoms with E-state index in [1.807, 2.05) is 12.1 Å². The maximum Gasteiger partial charge on any atom is 0.446 e. The van der Waals surface area contributed by atoms with Gasteiger partial charge in [0.1, 0.15) is 5.75 Å². The Bertz CT molecular complexity index is 677. The standard InChI is InChI=1S/C14H16O4S/c1-2-3-4-11-5-6-12-7-8-14(10-13(12)9-11)18-19(15,16)17/h5-10H,2-4H2,1H3,(H,15,16,17). The van der Waals surface area contributed by atoms with Crippen molar-refractivity contribution >= 4 is 21.2 Å². The van der Waals surface area contributed by atoms with E-state index in [4.69, 9.17) is 4.55 Å². The van der Waals surface area contributed by atoms with Crippen LogP contribution in [0.3, 0.4) is 0 Å². The Morgan fingerprint density at radius 1 is 1.11 bits per heavy atom. The molecule has 5 heteroatoms. The molecule has 19 heavy (non-hydrogen) atoms. The molecule has 0 fully saturated rings. The molecule has 2 aromatic rings. The smallest absolute Gasteiger partial charge is 0.362 e. The molecule has 2 aromatic carbocycles. The molecule has 0 atom stereocenters. The summed E-state index contributed by atoms with van der Waals surface area (Å²) in [6.45, 7) is 2.14. The van der Waals surface area contributed by atoms with Gasteiger partial charge in [-0.15, -0.1) is 0 Å². The van der Waals surface area contributed by atoms with E-state index in [1.165, 1.54) is 11.6 Å². The fourth-order valence-electron chi connectivity index (χ4n) is 1.98. The first-order valence-corrected chi connectivity index (χ1v) is 7.54. The van der Waals surface area contributed by atoms with Gasteiger partial charge in [0.15, 0.2) is 0 Å². The summed E-state index contributed by atoms with van der Waals surface area (Å²) in [5.41, 5.74) is 1.21. The molecule has 0 unspecified atom stereocenters. The van der Waals surface area contributed by atoms with Gasteiger partial charge in [0.2, 0.25) is 0 Å². The van der Waals surface area contributed by atoms with Crippen LogP contribution in [0.15, 0.2) is 36.4 Å². The number of hydrogen-bond donors (Lipinski definition) is 1. The van der Waals surface area contributed by atoms with Gasteiger partial charge in [0.05, 0.1) is 0 Å². The van der Waals surface area contributed by atoms with Crippen molar-refractivity contribution in [3.05, 3.63) is 42.0 Å². The van der Waals surface area contributed by atoms with Gasteiger partial charge in [0, 0.05) is 0 Å². The summed E-state index contributed by atoms with van der Waals surface area (Å²) < 4.78 is 34.5. The lowest BCUT2D eigenvalue weighted by atomic mass is 10.0. The van der Waals surface area contributed by atoms with Gasteiger partial charge in [-0.05, 0) is 41.3 Å². The van der Waals surface area contributed by atoms with Gasteiger partial charge in [-0.1, -0.05) is 37.6 Å². The summed E-state index contributed by atoms with van der Waals surface area (Å²) in [7, 11) is -4.47. The zero-order valence-electron chi connectivity index (χ0n) is 10.7. The van der Waals surface area contributed by atoms with Crippen LogP contribution in [0, 0.1) is 0 Å². The fraction of sp³-hybridized carbons (Fsp3) is 0.286. The van der Waals surface area contributed by atoms with Crippen LogP contribution >= 0.6 is 0 Å². The Labute approximate surface area is 113 Å². The zero-order chi connectivity index (χ0) is 13.9. The molecule has 102 valence electrons. The largest absolute Gasteiger partial charge is 0.446 e. The van der Waals surface area contributed by atoms with E-state index < -0.39 is 10.4 Å². The Kier molecular flexibility index (Phi) is 4.07. The van der Waals surface area contributed by atoms with Gasteiger partial charge in [-0.3, -0.25) is 4.55 Å². The van der Waals surface area contributed by atoms with Crippen molar-refractivity contribution in [1.82, 2.24) is 0 Å². The number of aryl methyl sites for hydroxylation is 1. The second kappa shape index (κ2) is 5.59. The van der Waals surface area contributed by atoms with Crippen molar-refractivity contribution in [3.8, 4) is 5.75 Å². The van der Waals surface area contributed by atoms with E-state index in [0.717, 1.165) is 30.0 Å². The minimum absolute atomic E-state index is 0.114. The maximum atomic E-state index is 10.7. The van der Waals surface area contributed by atoms with Crippen LogP contribution < -0.4 is 4.18 Å². The van der Waals surface area contributed by atoms with Gasteiger partial charge in [-0.25, -0.2) is 0 Å². The van der Waals surface area contributed by atoms with Gasteiger partial charge < -0.3 is 4.18 Å². The summed E-state index contributed by atoms with van der Waals surface area (Å²) in [6, 6.07) is 11.0. The third kappa shape index (κ3) is 3.94. The molecule has 0 heterocycles. The van der Waals surface area contributed by atoms with Crippen molar-refractivity contribution in [1.29, 1.82) is 0 Å². The van der Waals surface area contributed by atoms with E-state index in [9.17, 15) is 8.42 Å². The van der Waals surface area contributed by atoms with Gasteiger partial charge in [0.25, 0.3) is 0 Å². The number of benzene rings is 2. The summed E-state index contributed by atoms with van der Waals surface area (Å²) in [5, 5.41) is 1.90. The highest BCUT2D eigenvalue weighted by molar-refractivity contribution is 7.81. The Hall–Kier alpha value is -1.59. The summed E-state index contributed by atoms with van der Waals surface area (Å²) in [5.74, 6) is 0.114. The third-order valence-electron chi connectivity index (χ3n) is 2.90. The molecule has 0 amide bonds. The Balaban J connectivity index is 2.34. The van der Waals surface area contributed by atoms with Crippen LogP contribution in [0.25, 0.3) is 10.8 Å². The molecule has 0 saturated carbocycles. The normalized spacial score (nSPS) is 11.7. The second-order valence-corrected chi connectivity index (χ2v) is 5.48. The van der Waals surface area contributed by atoms with E-state index in [1.54, 1.807) is 12.1 Å². The molecule has 2 rings (SSSR count). The minimum atomic E-state index is -4.47. The van der Waals surface area contributed by atoms with E-state index in [0.29, 0.717) is 0 Å². The van der Waals surface area contributed by atoms with Crippen molar-refractivity contribution in [2.24, 2.45) is 0 Å². The molecule has 0 bridgehead atoms. The first-order chi connectivity index (χ1) is 8.98. The molecule has 0 aliphatic carbocycles. The van der Waals surface area contributed by atoms with E-state index >= 15 is 0 Å². The zero-order valence-corrected chi connectivity index (χ0v) is 11.5. The van der Waals surface area contributed by atoms with Crippen LogP contribution in [-0.2, 0) is 16.8 Å². The highest BCUT2D eigenvalue weighted by atomic mass is 32.3. The topological polar surface area (TPSA) is 63.6 Å². The number of hydrogen-bond acceptors (Lipinski definition) is 3. The number of rotatable bonds is 5. The quantitative estimate of drug-likeness (QED) is 0.853. The molecular weight excluding hydrogens is 264 g/mol. The average molecular weight is 280 g/mol. The monoisotopic (exact) mass is 280 g/mol. The van der Waals surface area contributed by atoms with Crippen molar-refractivity contribution < 1.29 is 17.2 Å². The third-order valence-corrected chi connectivity index (χ3v) is 3.30. The molecule has 0 saturated heterocycles. The molecule has 1 N–H and O–H groups in total. The van der Waals surface area contributed by atoms with Crippen molar-refractivity contribution in [2.45, 2.75) is 26.2 Å². The SMILES string of the molecule is CCCCc1ccc2ccc(OS(=O)(=O)O)cc2c1. The first kappa shape index (κ1) is 13.8. The predicted octanol–water partition coefficient (Wildman–Crippen LogP) is 3.36. The highest BCUT2D eigenvalue weighted by Crippen LogP contribution is 2.23. The minimum Gasteiger partial charge on any atom is -0.362 e. The van der Waals surface area contributed by atoms with Crippen molar-refractivity contribution in [2.75, 3.05) is 0 Å². The lowest BCUT2D eigenvalue weighted by Gasteiger charge is -2.06. The Morgan fingerprint density at radius 2 is 1.84 bits per heavy atom. The summed E-state index contributed by atoms with van der Waals surface area (Å²) in [6.07, 6.45) is 3.24. The molecule has 0 spiro atoms. The molecular formula is C14H16O4S. The van der Waals surface area contributed by atoms with Crippen LogP contribution in [0.5, 0.6) is 5.75 Å². The lowest BCUT2D eigenvalue weighted by Crippen LogP contribution is -2.06. The Morgan fingerprint density at radius 3 is 2.53 bits per heavy atom. The summed E-state index contributed by atoms with van der Waals surface area (Å²) in [4.78, 5) is 0. The number of unbranched alkanes of at least 4 members (excludes halogenated alkanes) is 1. The first-order valence-electron chi connectivity index (χ1n) is 6.17. The summed E-state index contributed by atoms with van der Waals surface area (Å²) >= 11 is 0. The van der Waals surface area contributed by atoms with E-state index in [2.05, 4.69) is 17.2 Å². The average Bonchev–Trinajstić information content (AvgIpc) is 2.34. The molecule has 0 aliphatic rings. The lowest BCUT2D eigenvalue weighted by molar-refractivity contribution is 0.387. The molecule has 0 radical (unpaired) electrons. The van der Waals surface area contributed by atoms with E-state index in [-0.39, 0.29) is 5.75 Å². The van der Waals surface area contributed by atoms with Gasteiger partial charge >= 0.3 is 10.4 Å². The number of fused-ring (bicyclic) bond motifs is 1. The highest BCUT2D eigenvalue weighted by Gasteiger charge is 2.07. The van der Waals surface area contributed by atoms with Gasteiger partial charge in [-0.2, -0.15) is 8.42 Å². The fourth-order valence-corrected chi connectivity index (χ4v) is 2.33. The van der Waals surface area contributed by atoms with Crippen molar-refractivity contribution in [3.63, 3.8) is 0 Å².